The van der Waals surface area contributed by atoms with Crippen LogP contribution in [0.2, 0.25) is 0 Å². The van der Waals surface area contributed by atoms with E-state index < -0.39 is 11.7 Å². The number of benzene rings is 6. The molecule has 0 bridgehead atoms. The van der Waals surface area contributed by atoms with Gasteiger partial charge in [-0.1, -0.05) is 60.7 Å². The second-order valence-electron chi connectivity index (χ2n) is 12.0. The van der Waals surface area contributed by atoms with Crippen LogP contribution in [0, 0.1) is 90.6 Å². The number of rotatable bonds is 8. The second-order valence-corrected chi connectivity index (χ2v) is 12.0. The zero-order valence-electron chi connectivity index (χ0n) is 30.0. The number of nitriles is 8. The molecule has 6 aromatic carbocycles. The maximum atomic E-state index is 11.0. The van der Waals surface area contributed by atoms with Crippen molar-refractivity contribution in [3.05, 3.63) is 189 Å². The minimum Gasteiger partial charge on any atom is -0.457 e. The van der Waals surface area contributed by atoms with Crippen molar-refractivity contribution >= 4 is 0 Å². The van der Waals surface area contributed by atoms with Crippen molar-refractivity contribution in [3.63, 3.8) is 0 Å². The number of hydrogen-bond acceptors (Lipinski definition) is 12. The van der Waals surface area contributed by atoms with Gasteiger partial charge in [0.1, 0.15) is 77.7 Å². The number of ether oxygens (including phenoxy) is 2. The topological polar surface area (TPSA) is 249 Å². The summed E-state index contributed by atoms with van der Waals surface area (Å²) in [7, 11) is 0. The number of aliphatic hydroxyl groups is 2. The first-order valence-electron chi connectivity index (χ1n) is 16.9. The Morgan fingerprint density at radius 3 is 1.31 bits per heavy atom. The van der Waals surface area contributed by atoms with Crippen LogP contribution in [0.3, 0.4) is 0 Å². The lowest BCUT2D eigenvalue weighted by molar-refractivity contribution is 0.142. The van der Waals surface area contributed by atoms with Crippen LogP contribution < -0.4 is 9.47 Å². The molecule has 0 saturated heterocycles. The smallest absolute Gasteiger partial charge is 0.204 e. The highest BCUT2D eigenvalue weighted by molar-refractivity contribution is 5.62. The summed E-state index contributed by atoms with van der Waals surface area (Å²) in [5.74, 6) is 1.70. The van der Waals surface area contributed by atoms with E-state index in [0.717, 1.165) is 0 Å². The SMILES string of the molecule is N#Cc1ccc(C(O)(C#N)c2ccccc2)c(C#N)c1C#N.N#Cc1ccc(Oc2cccc(C(O)c3cccc(Oc4ccc(C#N)c(C#N)c4)c3)c2)cc1C#N. The van der Waals surface area contributed by atoms with E-state index >= 15 is 0 Å². The van der Waals surface area contributed by atoms with Crippen LogP contribution in [-0.4, -0.2) is 10.2 Å². The van der Waals surface area contributed by atoms with Gasteiger partial charge in [0, 0.05) is 11.1 Å². The summed E-state index contributed by atoms with van der Waals surface area (Å²) in [6, 6.07) is 48.9. The minimum atomic E-state index is -2.08. The monoisotopic (exact) mass is 752 g/mol. The molecule has 2 N–H and O–H groups in total. The van der Waals surface area contributed by atoms with E-state index in [1.807, 2.05) is 36.4 Å². The number of aliphatic hydroxyl groups excluding tert-OH is 1. The van der Waals surface area contributed by atoms with Gasteiger partial charge in [-0.05, 0) is 77.9 Å². The van der Waals surface area contributed by atoms with E-state index in [1.54, 1.807) is 103 Å². The third-order valence-electron chi connectivity index (χ3n) is 8.58. The lowest BCUT2D eigenvalue weighted by atomic mass is 9.82. The number of nitrogens with zero attached hydrogens (tertiary/aromatic N) is 8. The third kappa shape index (κ3) is 8.59. The van der Waals surface area contributed by atoms with Gasteiger partial charge >= 0.3 is 0 Å². The molecule has 0 spiro atoms. The maximum Gasteiger partial charge on any atom is 0.204 e. The first-order valence-corrected chi connectivity index (χ1v) is 16.9. The van der Waals surface area contributed by atoms with Crippen molar-refractivity contribution in [1.82, 2.24) is 0 Å². The van der Waals surface area contributed by atoms with Gasteiger partial charge < -0.3 is 19.7 Å². The van der Waals surface area contributed by atoms with Crippen LogP contribution in [0.15, 0.2) is 127 Å². The fourth-order valence-corrected chi connectivity index (χ4v) is 5.70. The predicted molar refractivity (Wildman–Crippen MR) is 204 cm³/mol. The van der Waals surface area contributed by atoms with Gasteiger partial charge in [0.25, 0.3) is 0 Å². The van der Waals surface area contributed by atoms with Crippen LogP contribution >= 0.6 is 0 Å². The van der Waals surface area contributed by atoms with Crippen LogP contribution in [0.25, 0.3) is 0 Å². The van der Waals surface area contributed by atoms with Gasteiger partial charge in [-0.3, -0.25) is 0 Å². The average Bonchev–Trinajstić information content (AvgIpc) is 3.28. The Morgan fingerprint density at radius 2 is 0.879 bits per heavy atom. The fourth-order valence-electron chi connectivity index (χ4n) is 5.70. The largest absolute Gasteiger partial charge is 0.457 e. The van der Waals surface area contributed by atoms with Gasteiger partial charge in [-0.15, -0.1) is 0 Å². The van der Waals surface area contributed by atoms with Crippen molar-refractivity contribution in [3.8, 4) is 71.6 Å². The molecule has 1 atom stereocenters. The summed E-state index contributed by atoms with van der Waals surface area (Å²) in [6.45, 7) is 0. The molecule has 0 aromatic heterocycles. The Morgan fingerprint density at radius 1 is 0.431 bits per heavy atom. The van der Waals surface area contributed by atoms with Crippen LogP contribution in [0.4, 0.5) is 0 Å². The Labute approximate surface area is 332 Å². The molecule has 12 nitrogen and oxygen atoms in total. The standard InChI is InChI=1S/C29H16N4O3.C17H8N4O/c30-15-21-7-9-27(13-23(21)17-32)35-25-5-1-3-19(11-25)29(34)20-4-2-6-26(12-20)36-28-10-8-22(16-31)24(14-28)18-33;18-8-12-6-7-16(15(10-20)14(12)9-19)17(22,11-21)13-4-2-1-3-5-13/h1-14,29,34H;1-7,22H. The third-order valence-corrected chi connectivity index (χ3v) is 8.58. The molecule has 0 saturated carbocycles. The molecular formula is C46H24N8O4. The van der Waals surface area contributed by atoms with Gasteiger partial charge in [-0.25, -0.2) is 0 Å². The lowest BCUT2D eigenvalue weighted by Crippen LogP contribution is -2.26. The quantitative estimate of drug-likeness (QED) is 0.141. The van der Waals surface area contributed by atoms with Gasteiger partial charge in [0.15, 0.2) is 0 Å². The first-order chi connectivity index (χ1) is 28.2. The molecule has 0 aliphatic rings. The Kier molecular flexibility index (Phi) is 12.5. The molecule has 1 unspecified atom stereocenters. The molecule has 0 radical (unpaired) electrons. The van der Waals surface area contributed by atoms with Crippen molar-refractivity contribution in [2.24, 2.45) is 0 Å². The molecule has 0 heterocycles. The summed E-state index contributed by atoms with van der Waals surface area (Å²) in [5, 5.41) is 95.3. The maximum absolute atomic E-state index is 11.0. The van der Waals surface area contributed by atoms with Crippen LogP contribution in [0.5, 0.6) is 23.0 Å². The highest BCUT2D eigenvalue weighted by atomic mass is 16.5. The van der Waals surface area contributed by atoms with Gasteiger partial charge in [0.2, 0.25) is 5.60 Å². The van der Waals surface area contributed by atoms with Crippen molar-refractivity contribution in [2.75, 3.05) is 0 Å². The van der Waals surface area contributed by atoms with E-state index in [9.17, 15) is 36.5 Å². The molecular weight excluding hydrogens is 729 g/mol. The van der Waals surface area contributed by atoms with Crippen LogP contribution in [-0.2, 0) is 5.60 Å². The van der Waals surface area contributed by atoms with E-state index in [-0.39, 0.29) is 50.1 Å². The molecule has 0 aliphatic carbocycles. The zero-order valence-corrected chi connectivity index (χ0v) is 30.0. The summed E-state index contributed by atoms with van der Waals surface area (Å²) in [6.07, 6.45) is -0.983. The lowest BCUT2D eigenvalue weighted by Gasteiger charge is -2.23. The molecule has 0 amide bonds. The molecule has 12 heteroatoms. The van der Waals surface area contributed by atoms with E-state index in [2.05, 4.69) is 0 Å². The zero-order chi connectivity index (χ0) is 41.7. The fraction of sp³-hybridized carbons (Fsp3) is 0.0435. The summed E-state index contributed by atoms with van der Waals surface area (Å²) in [4.78, 5) is 0. The predicted octanol–water partition coefficient (Wildman–Crippen LogP) is 7.90. The highest BCUT2D eigenvalue weighted by Gasteiger charge is 2.35. The normalized spacial score (nSPS) is 10.7. The molecule has 6 rings (SSSR count). The molecule has 58 heavy (non-hydrogen) atoms. The molecule has 0 fully saturated rings. The van der Waals surface area contributed by atoms with Gasteiger partial charge in [-0.2, -0.15) is 42.1 Å². The molecule has 6 aromatic rings. The van der Waals surface area contributed by atoms with Crippen molar-refractivity contribution in [1.29, 1.82) is 42.1 Å². The summed E-state index contributed by atoms with van der Waals surface area (Å²) in [5.41, 5.74) is 0.0000419. The molecule has 0 aliphatic heterocycles. The second kappa shape index (κ2) is 18.2. The van der Waals surface area contributed by atoms with Crippen molar-refractivity contribution in [2.45, 2.75) is 11.7 Å². The molecule has 272 valence electrons. The summed E-state index contributed by atoms with van der Waals surface area (Å²) >= 11 is 0. The Balaban J connectivity index is 0.000000249. The van der Waals surface area contributed by atoms with Crippen LogP contribution in [0.1, 0.15) is 67.3 Å². The van der Waals surface area contributed by atoms with Gasteiger partial charge in [0.05, 0.1) is 38.9 Å². The van der Waals surface area contributed by atoms with E-state index in [4.69, 9.17) is 25.3 Å². The Bertz CT molecular complexity index is 2770. The van der Waals surface area contributed by atoms with E-state index in [1.165, 1.54) is 36.4 Å². The van der Waals surface area contributed by atoms with Crippen molar-refractivity contribution < 1.29 is 19.7 Å². The minimum absolute atomic E-state index is 0.0146. The Hall–Kier alpha value is -9.24. The first kappa shape index (κ1) is 40.0. The average molecular weight is 753 g/mol. The van der Waals surface area contributed by atoms with E-state index in [0.29, 0.717) is 34.1 Å². The number of hydrogen-bond donors (Lipinski definition) is 2. The highest BCUT2D eigenvalue weighted by Crippen LogP contribution is 2.34. The summed E-state index contributed by atoms with van der Waals surface area (Å²) < 4.78 is 11.7.